The molecule has 4 heteroatoms. The monoisotopic (exact) mass is 329 g/mol. The Labute approximate surface area is 142 Å². The van der Waals surface area contributed by atoms with Crippen LogP contribution in [0.15, 0.2) is 47.4 Å². The van der Waals surface area contributed by atoms with Crippen LogP contribution in [0.25, 0.3) is 0 Å². The van der Waals surface area contributed by atoms with Crippen molar-refractivity contribution in [3.8, 4) is 5.75 Å². The molecule has 122 valence electrons. The van der Waals surface area contributed by atoms with E-state index in [9.17, 15) is 4.79 Å². The van der Waals surface area contributed by atoms with Gasteiger partial charge in [0.2, 0.25) is 0 Å². The van der Waals surface area contributed by atoms with Crippen LogP contribution in [0.4, 0.5) is 5.69 Å². The van der Waals surface area contributed by atoms with Gasteiger partial charge in [0.1, 0.15) is 5.75 Å². The largest absolute Gasteiger partial charge is 0.484 e. The number of anilines is 1. The molecule has 2 aromatic rings. The van der Waals surface area contributed by atoms with E-state index in [-0.39, 0.29) is 12.5 Å². The summed E-state index contributed by atoms with van der Waals surface area (Å²) in [5.74, 6) is 0.909. The van der Waals surface area contributed by atoms with Crippen molar-refractivity contribution >= 4 is 23.4 Å². The topological polar surface area (TPSA) is 38.3 Å². The van der Waals surface area contributed by atoms with Crippen molar-refractivity contribution in [1.82, 2.24) is 0 Å². The Bertz CT molecular complexity index is 666. The number of amides is 1. The van der Waals surface area contributed by atoms with Crippen LogP contribution >= 0.6 is 11.8 Å². The summed E-state index contributed by atoms with van der Waals surface area (Å²) in [6.45, 7) is 6.25. The lowest BCUT2D eigenvalue weighted by molar-refractivity contribution is -0.118. The zero-order chi connectivity index (χ0) is 16.8. The van der Waals surface area contributed by atoms with Crippen LogP contribution in [0.5, 0.6) is 5.75 Å². The maximum Gasteiger partial charge on any atom is 0.262 e. The van der Waals surface area contributed by atoms with E-state index in [1.54, 1.807) is 11.8 Å². The number of benzene rings is 2. The number of nitrogens with one attached hydrogen (secondary N) is 1. The first-order chi connectivity index (χ1) is 11.0. The number of rotatable bonds is 6. The third-order valence-corrected chi connectivity index (χ3v) is 4.36. The Kier molecular flexibility index (Phi) is 6.11. The highest BCUT2D eigenvalue weighted by Gasteiger charge is 2.12. The van der Waals surface area contributed by atoms with Crippen molar-refractivity contribution in [3.63, 3.8) is 0 Å². The Morgan fingerprint density at radius 3 is 2.48 bits per heavy atom. The third kappa shape index (κ3) is 4.76. The molecular formula is C19H23NO2S. The highest BCUT2D eigenvalue weighted by Crippen LogP contribution is 2.27. The van der Waals surface area contributed by atoms with E-state index < -0.39 is 0 Å². The molecule has 0 atom stereocenters. The van der Waals surface area contributed by atoms with Crippen LogP contribution in [-0.2, 0) is 4.79 Å². The Morgan fingerprint density at radius 1 is 1.17 bits per heavy atom. The van der Waals surface area contributed by atoms with Gasteiger partial charge < -0.3 is 10.1 Å². The van der Waals surface area contributed by atoms with Gasteiger partial charge in [-0.3, -0.25) is 4.79 Å². The molecule has 0 heterocycles. The quantitative estimate of drug-likeness (QED) is 0.769. The molecule has 2 aromatic carbocycles. The van der Waals surface area contributed by atoms with Crippen LogP contribution in [-0.4, -0.2) is 18.8 Å². The van der Waals surface area contributed by atoms with Gasteiger partial charge >= 0.3 is 0 Å². The normalized spacial score (nSPS) is 10.7. The molecule has 3 nitrogen and oxygen atoms in total. The van der Waals surface area contributed by atoms with E-state index in [1.807, 2.05) is 49.6 Å². The van der Waals surface area contributed by atoms with Crippen LogP contribution in [0.1, 0.15) is 30.9 Å². The zero-order valence-corrected chi connectivity index (χ0v) is 14.9. The van der Waals surface area contributed by atoms with Crippen LogP contribution in [0, 0.1) is 6.92 Å². The first-order valence-corrected chi connectivity index (χ1v) is 8.90. The molecule has 0 unspecified atom stereocenters. The smallest absolute Gasteiger partial charge is 0.262 e. The fourth-order valence-electron chi connectivity index (χ4n) is 2.34. The lowest BCUT2D eigenvalue weighted by atomic mass is 9.98. The molecule has 0 saturated heterocycles. The highest BCUT2D eigenvalue weighted by molar-refractivity contribution is 7.98. The summed E-state index contributed by atoms with van der Waals surface area (Å²) in [5, 5.41) is 2.98. The number of carbonyl (C=O) groups excluding carboxylic acids is 1. The SMILES string of the molecule is CSc1ccc(OCC(=O)Nc2c(C)cccc2C(C)C)cc1. The van der Waals surface area contributed by atoms with Gasteiger partial charge in [0, 0.05) is 10.6 Å². The van der Waals surface area contributed by atoms with Gasteiger partial charge in [-0.05, 0) is 54.5 Å². The molecule has 2 rings (SSSR count). The van der Waals surface area contributed by atoms with Crippen molar-refractivity contribution in [1.29, 1.82) is 0 Å². The molecule has 0 bridgehead atoms. The van der Waals surface area contributed by atoms with E-state index in [0.29, 0.717) is 11.7 Å². The minimum atomic E-state index is -0.143. The third-order valence-electron chi connectivity index (χ3n) is 3.62. The van der Waals surface area contributed by atoms with Crippen LogP contribution < -0.4 is 10.1 Å². The summed E-state index contributed by atoms with van der Waals surface area (Å²) in [4.78, 5) is 13.4. The summed E-state index contributed by atoms with van der Waals surface area (Å²) < 4.78 is 5.56. The van der Waals surface area contributed by atoms with Gasteiger partial charge in [-0.1, -0.05) is 32.0 Å². The average Bonchev–Trinajstić information content (AvgIpc) is 2.55. The molecule has 0 aliphatic heterocycles. The lowest BCUT2D eigenvalue weighted by Crippen LogP contribution is -2.21. The fraction of sp³-hybridized carbons (Fsp3) is 0.316. The molecule has 1 N–H and O–H groups in total. The maximum atomic E-state index is 12.2. The summed E-state index contributed by atoms with van der Waals surface area (Å²) in [7, 11) is 0. The first kappa shape index (κ1) is 17.4. The summed E-state index contributed by atoms with van der Waals surface area (Å²) >= 11 is 1.67. The van der Waals surface area contributed by atoms with Crippen LogP contribution in [0.3, 0.4) is 0 Å². The van der Waals surface area contributed by atoms with Crippen molar-refractivity contribution in [3.05, 3.63) is 53.6 Å². The summed E-state index contributed by atoms with van der Waals surface area (Å²) in [6, 6.07) is 13.8. The number of thioether (sulfide) groups is 1. The minimum absolute atomic E-state index is 0.00445. The number of hydrogen-bond donors (Lipinski definition) is 1. The van der Waals surface area contributed by atoms with E-state index in [0.717, 1.165) is 16.8 Å². The molecule has 0 fully saturated rings. The van der Waals surface area contributed by atoms with Crippen molar-refractivity contribution in [2.75, 3.05) is 18.2 Å². The van der Waals surface area contributed by atoms with Gasteiger partial charge in [-0.15, -0.1) is 11.8 Å². The predicted octanol–water partition coefficient (Wildman–Crippen LogP) is 4.86. The molecule has 0 aliphatic carbocycles. The van der Waals surface area contributed by atoms with Crippen molar-refractivity contribution < 1.29 is 9.53 Å². The average molecular weight is 329 g/mol. The van der Waals surface area contributed by atoms with E-state index in [4.69, 9.17) is 4.74 Å². The molecule has 0 saturated carbocycles. The number of para-hydroxylation sites is 1. The number of hydrogen-bond acceptors (Lipinski definition) is 3. The maximum absolute atomic E-state index is 12.2. The summed E-state index contributed by atoms with van der Waals surface area (Å²) in [6.07, 6.45) is 2.03. The highest BCUT2D eigenvalue weighted by atomic mass is 32.2. The second-order valence-corrected chi connectivity index (χ2v) is 6.59. The second kappa shape index (κ2) is 8.06. The van der Waals surface area contributed by atoms with Gasteiger partial charge in [0.15, 0.2) is 6.61 Å². The van der Waals surface area contributed by atoms with E-state index in [2.05, 4.69) is 25.2 Å². The number of ether oxygens (including phenoxy) is 1. The predicted molar refractivity (Wildman–Crippen MR) is 97.6 cm³/mol. The first-order valence-electron chi connectivity index (χ1n) is 7.67. The van der Waals surface area contributed by atoms with Gasteiger partial charge in [0.25, 0.3) is 5.91 Å². The molecule has 0 aromatic heterocycles. The molecule has 1 amide bonds. The Hall–Kier alpha value is -1.94. The van der Waals surface area contributed by atoms with Crippen molar-refractivity contribution in [2.24, 2.45) is 0 Å². The van der Waals surface area contributed by atoms with Crippen LogP contribution in [0.2, 0.25) is 0 Å². The van der Waals surface area contributed by atoms with Gasteiger partial charge in [-0.25, -0.2) is 0 Å². The molecule has 0 aliphatic rings. The molecule has 23 heavy (non-hydrogen) atoms. The van der Waals surface area contributed by atoms with E-state index >= 15 is 0 Å². The minimum Gasteiger partial charge on any atom is -0.484 e. The summed E-state index contributed by atoms with van der Waals surface area (Å²) in [5.41, 5.74) is 3.10. The Balaban J connectivity index is 1.99. The number of carbonyl (C=O) groups is 1. The zero-order valence-electron chi connectivity index (χ0n) is 14.1. The number of aryl methyl sites for hydroxylation is 1. The molecular weight excluding hydrogens is 306 g/mol. The van der Waals surface area contributed by atoms with Crippen molar-refractivity contribution in [2.45, 2.75) is 31.6 Å². The van der Waals surface area contributed by atoms with E-state index in [1.165, 1.54) is 4.90 Å². The second-order valence-electron chi connectivity index (χ2n) is 5.71. The van der Waals surface area contributed by atoms with Gasteiger partial charge in [-0.2, -0.15) is 0 Å². The molecule has 0 radical (unpaired) electrons. The Morgan fingerprint density at radius 2 is 1.87 bits per heavy atom. The fourth-order valence-corrected chi connectivity index (χ4v) is 2.75. The lowest BCUT2D eigenvalue weighted by Gasteiger charge is -2.16. The molecule has 0 spiro atoms. The van der Waals surface area contributed by atoms with Gasteiger partial charge in [0.05, 0.1) is 0 Å². The standard InChI is InChI=1S/C19H23NO2S/c1-13(2)17-7-5-6-14(3)19(17)20-18(21)12-22-15-8-10-16(23-4)11-9-15/h5-11,13H,12H2,1-4H3,(H,20,21).